The fraction of sp³-hybridized carbons (Fsp3) is 0.333. The van der Waals surface area contributed by atoms with E-state index in [9.17, 15) is 0 Å². The minimum absolute atomic E-state index is 0.687. The molecule has 2 heterocycles. The number of anilines is 2. The second kappa shape index (κ2) is 14.6. The number of ether oxygens (including phenoxy) is 2. The Kier molecular flexibility index (Phi) is 9.89. The largest absolute Gasteiger partial charge is 0.497 e. The van der Waals surface area contributed by atoms with Crippen LogP contribution in [0.3, 0.4) is 0 Å². The first-order valence-electron chi connectivity index (χ1n) is 16.8. The molecule has 2 N–H and O–H groups in total. The molecule has 4 aromatic carbocycles. The maximum Gasteiger partial charge on any atom is 0.119 e. The Balaban J connectivity index is 0.981. The number of halogens is 2. The molecule has 7 rings (SSSR count). The molecule has 1 fully saturated rings. The second-order valence-corrected chi connectivity index (χ2v) is 13.6. The van der Waals surface area contributed by atoms with Gasteiger partial charge in [-0.3, -0.25) is 0 Å². The summed E-state index contributed by atoms with van der Waals surface area (Å²) in [4.78, 5) is 12.4. The van der Waals surface area contributed by atoms with E-state index < -0.39 is 0 Å². The summed E-state index contributed by atoms with van der Waals surface area (Å²) in [5.74, 6) is 2.48. The van der Waals surface area contributed by atoms with Gasteiger partial charge in [0.25, 0.3) is 0 Å². The van der Waals surface area contributed by atoms with Crippen LogP contribution < -0.4 is 20.1 Å². The van der Waals surface area contributed by atoms with E-state index in [4.69, 9.17) is 42.6 Å². The molecular formula is C39H41Cl2N5O2. The molecule has 0 radical (unpaired) electrons. The predicted molar refractivity (Wildman–Crippen MR) is 202 cm³/mol. The minimum Gasteiger partial charge on any atom is -0.497 e. The number of fused-ring (bicyclic) bond motifs is 4. The Hall–Kier alpha value is -4.04. The van der Waals surface area contributed by atoms with Crippen molar-refractivity contribution in [2.75, 3.05) is 57.6 Å². The van der Waals surface area contributed by atoms with Crippen LogP contribution >= 0.6 is 23.2 Å². The number of aromatic nitrogens is 2. The van der Waals surface area contributed by atoms with Crippen molar-refractivity contribution < 1.29 is 9.47 Å². The number of rotatable bonds is 15. The summed E-state index contributed by atoms with van der Waals surface area (Å²) in [6.07, 6.45) is 5.95. The molecule has 0 amide bonds. The van der Waals surface area contributed by atoms with Crippen molar-refractivity contribution in [1.29, 1.82) is 0 Å². The van der Waals surface area contributed by atoms with Crippen LogP contribution in [-0.2, 0) is 0 Å². The van der Waals surface area contributed by atoms with Crippen molar-refractivity contribution in [1.82, 2.24) is 14.9 Å². The molecular weight excluding hydrogens is 641 g/mol. The average Bonchev–Trinajstić information content (AvgIpc) is 3.92. The van der Waals surface area contributed by atoms with Crippen LogP contribution in [-0.4, -0.2) is 61.8 Å². The monoisotopic (exact) mass is 681 g/mol. The number of pyridine rings is 2. The van der Waals surface area contributed by atoms with Crippen molar-refractivity contribution in [3.8, 4) is 11.5 Å². The first kappa shape index (κ1) is 32.5. The summed E-state index contributed by atoms with van der Waals surface area (Å²) >= 11 is 12.7. The number of hydrogen-bond acceptors (Lipinski definition) is 7. The van der Waals surface area contributed by atoms with Gasteiger partial charge in [0.05, 0.1) is 47.7 Å². The summed E-state index contributed by atoms with van der Waals surface area (Å²) in [6, 6.07) is 23.9. The van der Waals surface area contributed by atoms with Gasteiger partial charge in [-0.05, 0) is 124 Å². The van der Waals surface area contributed by atoms with Gasteiger partial charge in [-0.15, -0.1) is 0 Å². The molecule has 0 bridgehead atoms. The molecule has 0 atom stereocenters. The molecule has 1 saturated carbocycles. The third-order valence-electron chi connectivity index (χ3n) is 9.26. The van der Waals surface area contributed by atoms with Crippen molar-refractivity contribution >= 4 is 78.2 Å². The zero-order valence-electron chi connectivity index (χ0n) is 27.5. The van der Waals surface area contributed by atoms with E-state index in [-0.39, 0.29) is 0 Å². The van der Waals surface area contributed by atoms with Crippen molar-refractivity contribution in [3.63, 3.8) is 0 Å². The molecule has 0 unspecified atom stereocenters. The first-order chi connectivity index (χ1) is 23.5. The Morgan fingerprint density at radius 1 is 0.625 bits per heavy atom. The lowest BCUT2D eigenvalue weighted by molar-refractivity contribution is 0.257. The summed E-state index contributed by atoms with van der Waals surface area (Å²) in [6.45, 7) is 5.09. The fourth-order valence-corrected chi connectivity index (χ4v) is 6.91. The lowest BCUT2D eigenvalue weighted by Gasteiger charge is -2.23. The van der Waals surface area contributed by atoms with Crippen LogP contribution in [0.1, 0.15) is 32.1 Å². The SMILES string of the molecule is COc1ccc2nc3cc(Cl)ccc3c(NCCCCN(CCCNc3c4ccc(Cl)cc4nc4ccc(OC)cc34)CC3CC3)c2c1. The lowest BCUT2D eigenvalue weighted by atomic mass is 10.1. The molecule has 7 nitrogen and oxygen atoms in total. The quantitative estimate of drug-likeness (QED) is 0.0826. The molecule has 1 aliphatic carbocycles. The molecule has 1 aliphatic rings. The first-order valence-corrected chi connectivity index (χ1v) is 17.6. The van der Waals surface area contributed by atoms with Gasteiger partial charge in [-0.2, -0.15) is 0 Å². The molecule has 0 saturated heterocycles. The van der Waals surface area contributed by atoms with Crippen LogP contribution in [0.4, 0.5) is 11.4 Å². The number of nitrogens with one attached hydrogen (secondary N) is 2. The number of methoxy groups -OCH3 is 2. The van der Waals surface area contributed by atoms with Crippen LogP contribution in [0.15, 0.2) is 72.8 Å². The van der Waals surface area contributed by atoms with E-state index in [1.165, 1.54) is 19.4 Å². The van der Waals surface area contributed by atoms with Gasteiger partial charge >= 0.3 is 0 Å². The highest BCUT2D eigenvalue weighted by molar-refractivity contribution is 6.32. The molecule has 0 spiro atoms. The Bertz CT molecular complexity index is 2080. The Labute approximate surface area is 291 Å². The summed E-state index contributed by atoms with van der Waals surface area (Å²) in [5.41, 5.74) is 5.80. The number of benzene rings is 4. The predicted octanol–water partition coefficient (Wildman–Crippen LogP) is 9.82. The number of hydrogen-bond donors (Lipinski definition) is 2. The van der Waals surface area contributed by atoms with Crippen LogP contribution in [0.5, 0.6) is 11.5 Å². The standard InChI is InChI=1S/C39H41Cl2N5O2/c1-47-28-10-14-34-32(22-28)38(30-12-8-26(40)20-36(30)44-34)42-16-3-4-18-46(24-25-6-7-25)19-5-17-43-39-31-13-9-27(41)21-37(31)45-35-15-11-29(48-2)23-33(35)39/h8-15,20-23,25H,3-7,16-19,24H2,1-2H3,(H,42,44)(H,43,45). The molecule has 48 heavy (non-hydrogen) atoms. The van der Waals surface area contributed by atoms with Gasteiger partial charge in [0.1, 0.15) is 11.5 Å². The zero-order valence-corrected chi connectivity index (χ0v) is 29.0. The second-order valence-electron chi connectivity index (χ2n) is 12.7. The van der Waals surface area contributed by atoms with Gasteiger partial charge in [-0.25, -0.2) is 9.97 Å². The highest BCUT2D eigenvalue weighted by Crippen LogP contribution is 2.36. The van der Waals surface area contributed by atoms with Gasteiger partial charge in [0.2, 0.25) is 0 Å². The molecule has 9 heteroatoms. The normalized spacial score (nSPS) is 13.2. The van der Waals surface area contributed by atoms with Crippen molar-refractivity contribution in [2.24, 2.45) is 5.92 Å². The topological polar surface area (TPSA) is 71.5 Å². The van der Waals surface area contributed by atoms with E-state index in [1.807, 2.05) is 48.5 Å². The van der Waals surface area contributed by atoms with Crippen LogP contribution in [0, 0.1) is 5.92 Å². The van der Waals surface area contributed by atoms with E-state index in [2.05, 4.69) is 39.8 Å². The summed E-state index contributed by atoms with van der Waals surface area (Å²) < 4.78 is 11.1. The van der Waals surface area contributed by atoms with E-state index in [1.54, 1.807) is 14.2 Å². The number of unbranched alkanes of at least 4 members (excludes halogenated alkanes) is 1. The van der Waals surface area contributed by atoms with Gasteiger partial charge in [0, 0.05) is 51.2 Å². The van der Waals surface area contributed by atoms with Gasteiger partial charge < -0.3 is 25.0 Å². The fourth-order valence-electron chi connectivity index (χ4n) is 6.58. The zero-order chi connectivity index (χ0) is 33.0. The van der Waals surface area contributed by atoms with Crippen molar-refractivity contribution in [3.05, 3.63) is 82.8 Å². The van der Waals surface area contributed by atoms with E-state index in [0.29, 0.717) is 10.0 Å². The van der Waals surface area contributed by atoms with Crippen LogP contribution in [0.25, 0.3) is 43.6 Å². The highest BCUT2D eigenvalue weighted by Gasteiger charge is 2.24. The average molecular weight is 683 g/mol. The maximum absolute atomic E-state index is 6.33. The minimum atomic E-state index is 0.687. The lowest BCUT2D eigenvalue weighted by Crippen LogP contribution is -2.29. The van der Waals surface area contributed by atoms with E-state index in [0.717, 1.165) is 118 Å². The van der Waals surface area contributed by atoms with Crippen LogP contribution in [0.2, 0.25) is 10.0 Å². The van der Waals surface area contributed by atoms with Gasteiger partial charge in [-0.1, -0.05) is 23.2 Å². The molecule has 2 aromatic heterocycles. The highest BCUT2D eigenvalue weighted by atomic mass is 35.5. The summed E-state index contributed by atoms with van der Waals surface area (Å²) in [5, 5.41) is 13.1. The summed E-state index contributed by atoms with van der Waals surface area (Å²) in [7, 11) is 3.40. The Morgan fingerprint density at radius 2 is 1.15 bits per heavy atom. The van der Waals surface area contributed by atoms with Gasteiger partial charge in [0.15, 0.2) is 0 Å². The smallest absolute Gasteiger partial charge is 0.119 e. The molecule has 6 aromatic rings. The molecule has 0 aliphatic heterocycles. The molecule has 248 valence electrons. The number of nitrogens with zero attached hydrogens (tertiary/aromatic N) is 3. The third kappa shape index (κ3) is 7.34. The maximum atomic E-state index is 6.33. The van der Waals surface area contributed by atoms with Crippen molar-refractivity contribution in [2.45, 2.75) is 32.1 Å². The third-order valence-corrected chi connectivity index (χ3v) is 9.73. The van der Waals surface area contributed by atoms with E-state index >= 15 is 0 Å². The Morgan fingerprint density at radius 3 is 1.67 bits per heavy atom.